The molecule has 0 aliphatic heterocycles. The summed E-state index contributed by atoms with van der Waals surface area (Å²) in [7, 11) is 0. The molecule has 1 rings (SSSR count). The molecule has 1 aromatic rings. The van der Waals surface area contributed by atoms with E-state index in [0.29, 0.717) is 15.6 Å². The van der Waals surface area contributed by atoms with Crippen molar-refractivity contribution in [2.24, 2.45) is 0 Å². The number of aliphatic carboxylic acids is 1. The fourth-order valence-corrected chi connectivity index (χ4v) is 1.79. The second kappa shape index (κ2) is 7.13. The largest absolute Gasteiger partial charge is 0.480 e. The summed E-state index contributed by atoms with van der Waals surface area (Å²) in [4.78, 5) is 22.0. The summed E-state index contributed by atoms with van der Waals surface area (Å²) in [5, 5.41) is 20.4. The molecule has 3 N–H and O–H groups in total. The first-order valence-electron chi connectivity index (χ1n) is 5.20. The highest BCUT2D eigenvalue weighted by Gasteiger charge is 2.16. The Morgan fingerprint density at radius 1 is 1.26 bits per heavy atom. The van der Waals surface area contributed by atoms with Gasteiger partial charge in [0.1, 0.15) is 0 Å². The topological polar surface area (TPSA) is 86.6 Å². The molecule has 0 radical (unpaired) electrons. The molecule has 0 bridgehead atoms. The molecule has 0 saturated heterocycles. The SMILES string of the molecule is O=C(/C=C/c1cc(Cl)cc(Cl)c1)N[C@@H](CO)C(=O)O. The first-order valence-corrected chi connectivity index (χ1v) is 5.96. The second-order valence-electron chi connectivity index (χ2n) is 3.62. The monoisotopic (exact) mass is 303 g/mol. The summed E-state index contributed by atoms with van der Waals surface area (Å²) in [6.45, 7) is -0.683. The molecule has 0 unspecified atom stereocenters. The quantitative estimate of drug-likeness (QED) is 0.721. The summed E-state index contributed by atoms with van der Waals surface area (Å²) in [6, 6.07) is 3.41. The van der Waals surface area contributed by atoms with Crippen LogP contribution in [-0.2, 0) is 9.59 Å². The van der Waals surface area contributed by atoms with Crippen molar-refractivity contribution >= 4 is 41.2 Å². The fourth-order valence-electron chi connectivity index (χ4n) is 1.25. The molecule has 1 atom stereocenters. The van der Waals surface area contributed by atoms with Gasteiger partial charge in [-0.15, -0.1) is 0 Å². The van der Waals surface area contributed by atoms with Crippen LogP contribution < -0.4 is 5.32 Å². The van der Waals surface area contributed by atoms with E-state index in [9.17, 15) is 9.59 Å². The van der Waals surface area contributed by atoms with Crippen molar-refractivity contribution in [2.75, 3.05) is 6.61 Å². The van der Waals surface area contributed by atoms with Crippen molar-refractivity contribution in [3.63, 3.8) is 0 Å². The molecular formula is C12H11Cl2NO4. The normalized spacial score (nSPS) is 12.4. The average Bonchev–Trinajstić information content (AvgIpc) is 2.32. The number of carbonyl (C=O) groups excluding carboxylic acids is 1. The van der Waals surface area contributed by atoms with E-state index in [1.807, 2.05) is 0 Å². The number of amides is 1. The number of benzene rings is 1. The third-order valence-corrected chi connectivity index (χ3v) is 2.55. The van der Waals surface area contributed by atoms with Crippen LogP contribution in [-0.4, -0.2) is 34.7 Å². The minimum Gasteiger partial charge on any atom is -0.480 e. The van der Waals surface area contributed by atoms with Crippen LogP contribution in [0.5, 0.6) is 0 Å². The Labute approximate surface area is 119 Å². The molecule has 0 aliphatic carbocycles. The Morgan fingerprint density at radius 2 is 1.84 bits per heavy atom. The number of carboxylic acids is 1. The van der Waals surface area contributed by atoms with Gasteiger partial charge >= 0.3 is 5.97 Å². The summed E-state index contributed by atoms with van der Waals surface area (Å²) < 4.78 is 0. The molecule has 102 valence electrons. The van der Waals surface area contributed by atoms with E-state index in [1.165, 1.54) is 6.08 Å². The van der Waals surface area contributed by atoms with E-state index < -0.39 is 24.5 Å². The van der Waals surface area contributed by atoms with E-state index in [-0.39, 0.29) is 0 Å². The zero-order valence-electron chi connectivity index (χ0n) is 9.64. The standard InChI is InChI=1S/C12H11Cl2NO4/c13-8-3-7(4-9(14)5-8)1-2-11(17)15-10(6-16)12(18)19/h1-5,10,16H,6H2,(H,15,17)(H,18,19)/b2-1+/t10-/m0/s1. The number of nitrogens with one attached hydrogen (secondary N) is 1. The van der Waals surface area contributed by atoms with Crippen molar-refractivity contribution in [1.29, 1.82) is 0 Å². The lowest BCUT2D eigenvalue weighted by Gasteiger charge is -2.09. The minimum atomic E-state index is -1.33. The van der Waals surface area contributed by atoms with Gasteiger partial charge in [-0.2, -0.15) is 0 Å². The maximum absolute atomic E-state index is 11.4. The molecule has 19 heavy (non-hydrogen) atoms. The van der Waals surface area contributed by atoms with Gasteiger partial charge in [-0.1, -0.05) is 23.2 Å². The lowest BCUT2D eigenvalue weighted by molar-refractivity contribution is -0.142. The molecule has 0 saturated carbocycles. The zero-order valence-corrected chi connectivity index (χ0v) is 11.1. The van der Waals surface area contributed by atoms with Gasteiger partial charge in [0.25, 0.3) is 0 Å². The van der Waals surface area contributed by atoms with E-state index in [1.54, 1.807) is 18.2 Å². The summed E-state index contributed by atoms with van der Waals surface area (Å²) in [6.07, 6.45) is 2.57. The number of halogens is 2. The van der Waals surface area contributed by atoms with Gasteiger partial charge in [0.2, 0.25) is 5.91 Å². The van der Waals surface area contributed by atoms with Crippen LogP contribution in [0, 0.1) is 0 Å². The van der Waals surface area contributed by atoms with Gasteiger partial charge < -0.3 is 15.5 Å². The predicted octanol–water partition coefficient (Wildman–Crippen LogP) is 1.57. The Balaban J connectivity index is 2.70. The zero-order chi connectivity index (χ0) is 14.4. The van der Waals surface area contributed by atoms with E-state index in [0.717, 1.165) is 6.08 Å². The summed E-state index contributed by atoms with van der Waals surface area (Å²) in [5.74, 6) is -1.95. The highest BCUT2D eigenvalue weighted by Crippen LogP contribution is 2.19. The summed E-state index contributed by atoms with van der Waals surface area (Å²) >= 11 is 11.6. The number of hydrogen-bond acceptors (Lipinski definition) is 3. The first kappa shape index (κ1) is 15.5. The number of aliphatic hydroxyl groups is 1. The number of carbonyl (C=O) groups is 2. The maximum Gasteiger partial charge on any atom is 0.328 e. The van der Waals surface area contributed by atoms with Gasteiger partial charge in [0.05, 0.1) is 6.61 Å². The lowest BCUT2D eigenvalue weighted by Crippen LogP contribution is -2.42. The average molecular weight is 304 g/mol. The van der Waals surface area contributed by atoms with Gasteiger partial charge in [-0.25, -0.2) is 4.79 Å². The van der Waals surface area contributed by atoms with Crippen molar-refractivity contribution < 1.29 is 19.8 Å². The molecular weight excluding hydrogens is 293 g/mol. The van der Waals surface area contributed by atoms with Crippen LogP contribution in [0.15, 0.2) is 24.3 Å². The number of carboxylic acid groups (broad SMARTS) is 1. The second-order valence-corrected chi connectivity index (χ2v) is 4.49. The Hall–Kier alpha value is -1.56. The third kappa shape index (κ3) is 5.30. The summed E-state index contributed by atoms with van der Waals surface area (Å²) in [5.41, 5.74) is 0.600. The first-order chi connectivity index (χ1) is 8.92. The molecule has 0 aromatic heterocycles. The van der Waals surface area contributed by atoms with Crippen LogP contribution in [0.4, 0.5) is 0 Å². The van der Waals surface area contributed by atoms with Crippen molar-refractivity contribution in [3.8, 4) is 0 Å². The highest BCUT2D eigenvalue weighted by molar-refractivity contribution is 6.34. The third-order valence-electron chi connectivity index (χ3n) is 2.11. The van der Waals surface area contributed by atoms with Crippen LogP contribution in [0.1, 0.15) is 5.56 Å². The lowest BCUT2D eigenvalue weighted by atomic mass is 10.2. The highest BCUT2D eigenvalue weighted by atomic mass is 35.5. The van der Waals surface area contributed by atoms with Crippen molar-refractivity contribution in [3.05, 3.63) is 39.9 Å². The Kier molecular flexibility index (Phi) is 5.82. The maximum atomic E-state index is 11.4. The van der Waals surface area contributed by atoms with Crippen molar-refractivity contribution in [1.82, 2.24) is 5.32 Å². The molecule has 0 fully saturated rings. The molecule has 7 heteroatoms. The van der Waals surface area contributed by atoms with Gasteiger partial charge in [0, 0.05) is 16.1 Å². The van der Waals surface area contributed by atoms with E-state index in [4.69, 9.17) is 33.4 Å². The smallest absolute Gasteiger partial charge is 0.328 e. The molecule has 1 aromatic carbocycles. The number of hydrogen-bond donors (Lipinski definition) is 3. The van der Waals surface area contributed by atoms with E-state index in [2.05, 4.69) is 5.32 Å². The van der Waals surface area contributed by atoms with Crippen LogP contribution in [0.2, 0.25) is 10.0 Å². The molecule has 5 nitrogen and oxygen atoms in total. The van der Waals surface area contributed by atoms with Gasteiger partial charge in [0.15, 0.2) is 6.04 Å². The van der Waals surface area contributed by atoms with Crippen molar-refractivity contribution in [2.45, 2.75) is 6.04 Å². The fraction of sp³-hybridized carbons (Fsp3) is 0.167. The van der Waals surface area contributed by atoms with Crippen LogP contribution >= 0.6 is 23.2 Å². The van der Waals surface area contributed by atoms with Gasteiger partial charge in [-0.3, -0.25) is 4.79 Å². The van der Waals surface area contributed by atoms with Gasteiger partial charge in [-0.05, 0) is 29.8 Å². The molecule has 0 heterocycles. The number of rotatable bonds is 5. The molecule has 1 amide bonds. The van der Waals surface area contributed by atoms with Crippen LogP contribution in [0.3, 0.4) is 0 Å². The predicted molar refractivity (Wildman–Crippen MR) is 72.1 cm³/mol. The minimum absolute atomic E-state index is 0.423. The Bertz CT molecular complexity index is 496. The molecule has 0 aliphatic rings. The molecule has 0 spiro atoms. The number of aliphatic hydroxyl groups excluding tert-OH is 1. The Morgan fingerprint density at radius 3 is 2.32 bits per heavy atom. The van der Waals surface area contributed by atoms with Crippen LogP contribution in [0.25, 0.3) is 6.08 Å². The van der Waals surface area contributed by atoms with E-state index >= 15 is 0 Å².